The number of anilines is 1. The number of urea groups is 1. The molecule has 9 nitrogen and oxygen atoms in total. The Balaban J connectivity index is 1.95. The van der Waals surface area contributed by atoms with Crippen LogP contribution in [0.1, 0.15) is 5.56 Å². The summed E-state index contributed by atoms with van der Waals surface area (Å²) < 4.78 is 11.6. The van der Waals surface area contributed by atoms with Crippen LogP contribution in [0, 0.1) is 7.14 Å². The molecule has 0 saturated carbocycles. The number of carboxylic acids is 1. The number of hydrogen-bond acceptors (Lipinski definition) is 6. The molecule has 3 rings (SSSR count). The van der Waals surface area contributed by atoms with E-state index in [-0.39, 0.29) is 11.3 Å². The first kappa shape index (κ1) is 23.0. The maximum Gasteiger partial charge on any atom is 0.341 e. The average Bonchev–Trinajstić information content (AvgIpc) is 2.70. The number of amides is 4. The minimum Gasteiger partial charge on any atom is -0.497 e. The number of nitrogens with one attached hydrogen (secondary N) is 1. The van der Waals surface area contributed by atoms with Crippen LogP contribution >= 0.6 is 45.2 Å². The fourth-order valence-electron chi connectivity index (χ4n) is 2.72. The fourth-order valence-corrected chi connectivity index (χ4v) is 4.85. The molecule has 2 aromatic carbocycles. The van der Waals surface area contributed by atoms with Gasteiger partial charge in [0.1, 0.15) is 17.1 Å². The zero-order valence-corrected chi connectivity index (χ0v) is 20.2. The number of barbiturate groups is 1. The zero-order chi connectivity index (χ0) is 22.7. The number of carbonyl (C=O) groups is 4. The maximum absolute atomic E-state index is 13.0. The Morgan fingerprint density at radius 3 is 2.29 bits per heavy atom. The van der Waals surface area contributed by atoms with Crippen LogP contribution in [0.15, 0.2) is 42.0 Å². The standard InChI is InChI=1S/C20H14I2N2O7/c1-30-12-4-2-11(3-5-12)24-19(28)13(18(27)23-20(24)29)6-10-7-14(21)17(15(22)8-10)31-9-16(25)26/h2-8H,9H2,1H3,(H,25,26)(H,23,27,29). The van der Waals surface area contributed by atoms with Gasteiger partial charge in [0.05, 0.1) is 19.9 Å². The number of imide groups is 2. The van der Waals surface area contributed by atoms with E-state index in [1.165, 1.54) is 25.3 Å². The van der Waals surface area contributed by atoms with Crippen molar-refractivity contribution in [2.24, 2.45) is 0 Å². The lowest BCUT2D eigenvalue weighted by Crippen LogP contribution is -2.54. The minimum absolute atomic E-state index is 0.221. The summed E-state index contributed by atoms with van der Waals surface area (Å²) in [5.41, 5.74) is 0.573. The third kappa shape index (κ3) is 5.15. The monoisotopic (exact) mass is 648 g/mol. The first-order chi connectivity index (χ1) is 14.7. The molecule has 0 bridgehead atoms. The lowest BCUT2D eigenvalue weighted by Gasteiger charge is -2.26. The molecule has 0 unspecified atom stereocenters. The molecule has 1 aliphatic heterocycles. The van der Waals surface area contributed by atoms with Crippen molar-refractivity contribution in [3.05, 3.63) is 54.7 Å². The average molecular weight is 648 g/mol. The molecule has 1 heterocycles. The number of benzene rings is 2. The summed E-state index contributed by atoms with van der Waals surface area (Å²) in [6.45, 7) is -0.494. The van der Waals surface area contributed by atoms with Crippen LogP contribution in [0.4, 0.5) is 10.5 Å². The number of halogens is 2. The smallest absolute Gasteiger partial charge is 0.341 e. The fraction of sp³-hybridized carbons (Fsp3) is 0.100. The van der Waals surface area contributed by atoms with Crippen LogP contribution in [-0.2, 0) is 14.4 Å². The van der Waals surface area contributed by atoms with Gasteiger partial charge in [-0.05, 0) is 93.2 Å². The normalized spacial score (nSPS) is 15.1. The van der Waals surface area contributed by atoms with Crippen LogP contribution in [0.25, 0.3) is 6.08 Å². The van der Waals surface area contributed by atoms with E-state index in [1.807, 2.05) is 45.2 Å². The molecule has 0 aliphatic carbocycles. The number of methoxy groups -OCH3 is 1. The second-order valence-corrected chi connectivity index (χ2v) is 8.48. The van der Waals surface area contributed by atoms with Gasteiger partial charge in [0, 0.05) is 0 Å². The van der Waals surface area contributed by atoms with Crippen molar-refractivity contribution < 1.29 is 33.8 Å². The van der Waals surface area contributed by atoms with Crippen molar-refractivity contribution in [2.45, 2.75) is 0 Å². The summed E-state index contributed by atoms with van der Waals surface area (Å²) in [6.07, 6.45) is 1.37. The topological polar surface area (TPSA) is 122 Å². The number of hydrogen-bond donors (Lipinski definition) is 2. The van der Waals surface area contributed by atoms with Gasteiger partial charge in [0.15, 0.2) is 6.61 Å². The third-order valence-electron chi connectivity index (χ3n) is 4.10. The van der Waals surface area contributed by atoms with E-state index >= 15 is 0 Å². The maximum atomic E-state index is 13.0. The van der Waals surface area contributed by atoms with Gasteiger partial charge >= 0.3 is 12.0 Å². The Bertz CT molecular complexity index is 1090. The van der Waals surface area contributed by atoms with E-state index in [0.717, 1.165) is 4.90 Å². The summed E-state index contributed by atoms with van der Waals surface area (Å²) in [7, 11) is 1.49. The van der Waals surface area contributed by atoms with E-state index in [0.29, 0.717) is 24.2 Å². The molecule has 4 amide bonds. The summed E-state index contributed by atoms with van der Waals surface area (Å²) >= 11 is 3.95. The first-order valence-corrected chi connectivity index (χ1v) is 10.8. The molecule has 1 saturated heterocycles. The van der Waals surface area contributed by atoms with E-state index < -0.39 is 30.4 Å². The van der Waals surface area contributed by atoms with Crippen molar-refractivity contribution in [3.63, 3.8) is 0 Å². The number of carboxylic acid groups (broad SMARTS) is 1. The quantitative estimate of drug-likeness (QED) is 0.281. The van der Waals surface area contributed by atoms with E-state index in [4.69, 9.17) is 14.6 Å². The van der Waals surface area contributed by atoms with E-state index in [9.17, 15) is 19.2 Å². The molecule has 2 aromatic rings. The van der Waals surface area contributed by atoms with Gasteiger partial charge in [-0.1, -0.05) is 0 Å². The summed E-state index contributed by atoms with van der Waals surface area (Å²) in [5, 5.41) is 11.0. The minimum atomic E-state index is -1.11. The second-order valence-electron chi connectivity index (χ2n) is 6.15. The summed E-state index contributed by atoms with van der Waals surface area (Å²) in [5.74, 6) is -1.74. The van der Waals surface area contributed by atoms with Crippen LogP contribution in [0.3, 0.4) is 0 Å². The molecule has 0 spiro atoms. The number of rotatable bonds is 6. The number of nitrogens with zero attached hydrogens (tertiary/aromatic N) is 1. The Labute approximate surface area is 203 Å². The van der Waals surface area contributed by atoms with Crippen LogP contribution in [-0.4, -0.2) is 42.6 Å². The molecule has 1 fully saturated rings. The highest BCUT2D eigenvalue weighted by atomic mass is 127. The first-order valence-electron chi connectivity index (χ1n) is 8.60. The molecular formula is C20H14I2N2O7. The van der Waals surface area contributed by atoms with Gasteiger partial charge in [-0.2, -0.15) is 0 Å². The molecule has 0 aromatic heterocycles. The van der Waals surface area contributed by atoms with Crippen molar-refractivity contribution in [1.82, 2.24) is 5.32 Å². The van der Waals surface area contributed by atoms with E-state index in [2.05, 4.69) is 5.32 Å². The Morgan fingerprint density at radius 1 is 1.13 bits per heavy atom. The number of aliphatic carboxylic acids is 1. The Morgan fingerprint density at radius 2 is 1.74 bits per heavy atom. The van der Waals surface area contributed by atoms with Crippen LogP contribution < -0.4 is 19.7 Å². The van der Waals surface area contributed by atoms with Crippen molar-refractivity contribution in [3.8, 4) is 11.5 Å². The highest BCUT2D eigenvalue weighted by Gasteiger charge is 2.36. The lowest BCUT2D eigenvalue weighted by atomic mass is 10.1. The van der Waals surface area contributed by atoms with Gasteiger partial charge in [0.25, 0.3) is 11.8 Å². The number of ether oxygens (including phenoxy) is 2. The summed E-state index contributed by atoms with van der Waals surface area (Å²) in [4.78, 5) is 49.2. The largest absolute Gasteiger partial charge is 0.497 e. The molecule has 160 valence electrons. The van der Waals surface area contributed by atoms with Gasteiger partial charge in [-0.3, -0.25) is 14.9 Å². The number of carbonyl (C=O) groups excluding carboxylic acids is 3. The molecular weight excluding hydrogens is 634 g/mol. The Kier molecular flexibility index (Phi) is 7.15. The second kappa shape index (κ2) is 9.64. The zero-order valence-electron chi connectivity index (χ0n) is 15.8. The predicted octanol–water partition coefficient (Wildman–Crippen LogP) is 3.03. The third-order valence-corrected chi connectivity index (χ3v) is 5.71. The van der Waals surface area contributed by atoms with E-state index in [1.54, 1.807) is 24.3 Å². The molecule has 0 radical (unpaired) electrons. The molecule has 31 heavy (non-hydrogen) atoms. The summed E-state index contributed by atoms with van der Waals surface area (Å²) in [6, 6.07) is 8.68. The van der Waals surface area contributed by atoms with Gasteiger partial charge in [-0.15, -0.1) is 0 Å². The van der Waals surface area contributed by atoms with Gasteiger partial charge < -0.3 is 14.6 Å². The highest BCUT2D eigenvalue weighted by Crippen LogP contribution is 2.31. The Hall–Kier alpha value is -2.68. The van der Waals surface area contributed by atoms with Crippen molar-refractivity contribution >= 4 is 80.8 Å². The van der Waals surface area contributed by atoms with Crippen LogP contribution in [0.5, 0.6) is 11.5 Å². The van der Waals surface area contributed by atoms with Crippen LogP contribution in [0.2, 0.25) is 0 Å². The predicted molar refractivity (Wildman–Crippen MR) is 127 cm³/mol. The molecule has 2 N–H and O–H groups in total. The van der Waals surface area contributed by atoms with Crippen molar-refractivity contribution in [1.29, 1.82) is 0 Å². The van der Waals surface area contributed by atoms with Gasteiger partial charge in [-0.25, -0.2) is 14.5 Å². The SMILES string of the molecule is COc1ccc(N2C(=O)NC(=O)C(=Cc3cc(I)c(OCC(=O)O)c(I)c3)C2=O)cc1. The molecule has 1 aliphatic rings. The molecule has 11 heteroatoms. The van der Waals surface area contributed by atoms with Crippen molar-refractivity contribution in [2.75, 3.05) is 18.6 Å². The lowest BCUT2D eigenvalue weighted by molar-refractivity contribution is -0.139. The highest BCUT2D eigenvalue weighted by molar-refractivity contribution is 14.1. The van der Waals surface area contributed by atoms with Gasteiger partial charge in [0.2, 0.25) is 0 Å². The molecule has 0 atom stereocenters.